The number of hydrogen-bond acceptors (Lipinski definition) is 10. The minimum absolute atomic E-state index is 0. The number of nitrogens with one attached hydrogen (secondary N) is 1. The van der Waals surface area contributed by atoms with Gasteiger partial charge in [0.2, 0.25) is 0 Å². The van der Waals surface area contributed by atoms with Crippen molar-refractivity contribution in [1.82, 2.24) is 15.0 Å². The number of aliphatic imine (C=N–C) groups is 1. The Labute approximate surface area is 426 Å². The summed E-state index contributed by atoms with van der Waals surface area (Å²) in [5.41, 5.74) is 19.5. The molecule has 358 valence electrons. The highest BCUT2D eigenvalue weighted by Gasteiger charge is 2.49. The van der Waals surface area contributed by atoms with E-state index in [4.69, 9.17) is 39.1 Å². The molecule has 0 radical (unpaired) electrons. The number of para-hydroxylation sites is 1. The van der Waals surface area contributed by atoms with Crippen molar-refractivity contribution in [2.24, 2.45) is 53.1 Å². The molecule has 0 saturated carbocycles. The van der Waals surface area contributed by atoms with E-state index >= 15 is 0 Å². The summed E-state index contributed by atoms with van der Waals surface area (Å²) in [5.74, 6) is 64.6. The van der Waals surface area contributed by atoms with Crippen molar-refractivity contribution in [1.29, 1.82) is 5.53 Å². The van der Waals surface area contributed by atoms with Gasteiger partial charge in [0.25, 0.3) is 0 Å². The molecule has 5 N–H and O–H groups in total. The zero-order valence-electron chi connectivity index (χ0n) is 37.4. The van der Waals surface area contributed by atoms with E-state index in [1.165, 1.54) is 11.3 Å². The van der Waals surface area contributed by atoms with Gasteiger partial charge in [0, 0.05) is 104 Å². The molecular weight excluding hydrogens is 875 g/mol. The molecule has 2 aromatic heterocycles. The molecule has 0 unspecified atom stereocenters. The lowest BCUT2D eigenvalue weighted by Crippen LogP contribution is -2.56. The Bertz CT molecular complexity index is 3350. The molecule has 4 aliphatic rings. The summed E-state index contributed by atoms with van der Waals surface area (Å²) in [7, 11) is 2.20. The van der Waals surface area contributed by atoms with Crippen molar-refractivity contribution in [3.05, 3.63) is 71.4 Å². The number of piperidine rings is 1. The zero-order valence-corrected chi connectivity index (χ0v) is 37.4. The van der Waals surface area contributed by atoms with Crippen LogP contribution in [0.2, 0.25) is 0 Å². The molecule has 1 aromatic carbocycles. The van der Waals surface area contributed by atoms with Gasteiger partial charge in [-0.1, -0.05) is 23.4 Å². The number of anilines is 3. The van der Waals surface area contributed by atoms with Gasteiger partial charge in [-0.2, -0.15) is 5.53 Å². The number of terminal acetylenes is 2. The molecule has 1 fully saturated rings. The maximum atomic E-state index is 6.81. The van der Waals surface area contributed by atoms with Gasteiger partial charge < -0.3 is 26.3 Å². The van der Waals surface area contributed by atoms with E-state index in [9.17, 15) is 0 Å². The normalized spacial score (nSPS) is 14.0. The van der Waals surface area contributed by atoms with Gasteiger partial charge in [0.1, 0.15) is 11.5 Å². The predicted octanol–water partition coefficient (Wildman–Crippen LogP) is 7.55. The third-order valence-electron chi connectivity index (χ3n) is 10.2. The summed E-state index contributed by atoms with van der Waals surface area (Å²) in [4.78, 5) is 26.4. The minimum atomic E-state index is -0.0314. The number of benzene rings is 1. The van der Waals surface area contributed by atoms with Crippen molar-refractivity contribution >= 4 is 23.0 Å². The van der Waals surface area contributed by atoms with Crippen molar-refractivity contribution < 1.29 is 18.5 Å². The Morgan fingerprint density at radius 1 is 0.671 bits per heavy atom. The average Bonchev–Trinajstić information content (AvgIpc) is 3.91. The zero-order chi connectivity index (χ0) is 49.5. The van der Waals surface area contributed by atoms with E-state index in [-0.39, 0.29) is 30.1 Å². The van der Waals surface area contributed by atoms with Crippen LogP contribution >= 0.6 is 0 Å². The van der Waals surface area contributed by atoms with E-state index in [0.29, 0.717) is 6.54 Å². The predicted molar refractivity (Wildman–Crippen MR) is 293 cm³/mol. The van der Waals surface area contributed by atoms with Crippen molar-refractivity contribution in [3.63, 3.8) is 0 Å². The maximum absolute atomic E-state index is 6.81. The molecule has 0 aliphatic carbocycles. The summed E-state index contributed by atoms with van der Waals surface area (Å²) >= 11 is 0. The standard InChI is InChI=1S/C27H30N8.C26H2.H3N9.13H2/c1-33-21-8-3-2-6-18(21)25(28)27(33)10-14-34(15-11-27)23-17-30-24-20(32-23)16-31-26(24)35-13-5-7-19-22(35)9-4-12-29-19;1-3-5-7-9-11-13-15-17-19-21-23-25-26-24-22-20-18-16-14-12-10-8-6-4-2;1-3-5-7-9-8-6-4-2;;;;;;;;;;;;;/h2-4,6,8-9,12,17,25H,5,7,10-11,13-16,28H2,1H3;1-2H;(H3,1,2,5,6,9);13*1H/t25-;;;;;;;;;;;;;;;/m1.............../s1. The van der Waals surface area contributed by atoms with Crippen molar-refractivity contribution in [3.8, 4) is 155 Å². The van der Waals surface area contributed by atoms with Crippen LogP contribution in [-0.2, 0) is 13.0 Å². The first-order valence-corrected chi connectivity index (χ1v) is 20.6. The third-order valence-corrected chi connectivity index (χ3v) is 10.2. The SMILES string of the molecule is C#CC#CC#CC#CC#CC#CC#CC#CC#CC#CC#CC#CC#C.CN1c2ccccc2[C@@H](N)C12CCN(c1cnc3c(n1)CN=C3N1CCCc3ncccc31)CC2.N=N/N=N/N=N/N=N/N.[HH].[HH].[HH].[HH].[HH].[HH].[HH].[HH].[HH].[HH].[HH].[HH].[HH]. The fraction of sp³-hybridized carbons (Fsp3) is 0.208. The first-order valence-electron chi connectivity index (χ1n) is 20.6. The van der Waals surface area contributed by atoms with E-state index in [1.807, 2.05) is 18.5 Å². The van der Waals surface area contributed by atoms with E-state index in [0.717, 1.165) is 79.7 Å². The van der Waals surface area contributed by atoms with Gasteiger partial charge in [0.15, 0.2) is 5.84 Å². The Balaban J connectivity index is -0.000000148. The number of hydrogen-bond donors (Lipinski definition) is 3. The molecular formula is C53H61N17. The van der Waals surface area contributed by atoms with Crippen LogP contribution in [0.1, 0.15) is 66.5 Å². The Hall–Kier alpha value is -11.0. The van der Waals surface area contributed by atoms with E-state index in [1.54, 1.807) is 0 Å². The lowest BCUT2D eigenvalue weighted by atomic mass is 9.80. The van der Waals surface area contributed by atoms with Gasteiger partial charge in [0.05, 0.1) is 41.4 Å². The van der Waals surface area contributed by atoms with Crippen LogP contribution in [0.15, 0.2) is 90.3 Å². The molecule has 70 heavy (non-hydrogen) atoms. The number of nitrogens with zero attached hydrogens (tertiary/aromatic N) is 14. The van der Waals surface area contributed by atoms with Crippen molar-refractivity contribution in [2.45, 2.75) is 43.8 Å². The summed E-state index contributed by atoms with van der Waals surface area (Å²) in [6.07, 6.45) is 17.7. The molecule has 17 nitrogen and oxygen atoms in total. The summed E-state index contributed by atoms with van der Waals surface area (Å²) < 4.78 is 0. The van der Waals surface area contributed by atoms with Crippen LogP contribution in [0.25, 0.3) is 0 Å². The van der Waals surface area contributed by atoms with Crippen LogP contribution in [0.5, 0.6) is 0 Å². The number of likely N-dealkylation sites (N-methyl/N-ethyl adjacent to an activating group) is 1. The first-order chi connectivity index (χ1) is 34.5. The second kappa shape index (κ2) is 28.0. The Morgan fingerprint density at radius 2 is 1.20 bits per heavy atom. The van der Waals surface area contributed by atoms with Gasteiger partial charge >= 0.3 is 0 Å². The quantitative estimate of drug-likeness (QED) is 0.102. The summed E-state index contributed by atoms with van der Waals surface area (Å²) in [5, 5.41) is 19.4. The number of rotatable bonds is 4. The molecule has 4 aliphatic heterocycles. The highest BCUT2D eigenvalue weighted by atomic mass is 15.6. The lowest BCUT2D eigenvalue weighted by molar-refractivity contribution is 0.285. The number of aryl methyl sites for hydroxylation is 1. The number of aromatic nitrogens is 3. The molecule has 3 aromatic rings. The molecule has 0 bridgehead atoms. The van der Waals surface area contributed by atoms with Gasteiger partial charge in [-0.05, 0) is 176 Å². The third kappa shape index (κ3) is 14.2. The molecule has 0 amide bonds. The van der Waals surface area contributed by atoms with Crippen LogP contribution in [0.4, 0.5) is 17.2 Å². The van der Waals surface area contributed by atoms with Crippen LogP contribution in [0, 0.1) is 160 Å². The number of amidine groups is 1. The molecule has 6 heterocycles. The topological polar surface area (TPSA) is 223 Å². The van der Waals surface area contributed by atoms with Crippen LogP contribution < -0.4 is 26.3 Å². The fourth-order valence-electron chi connectivity index (χ4n) is 7.27. The average molecular weight is 936 g/mol. The van der Waals surface area contributed by atoms with Gasteiger partial charge in [-0.15, -0.1) is 12.8 Å². The molecule has 1 atom stereocenters. The number of pyridine rings is 1. The molecule has 17 heteroatoms. The monoisotopic (exact) mass is 936 g/mol. The Kier molecular flexibility index (Phi) is 20.0. The summed E-state index contributed by atoms with van der Waals surface area (Å²) in [6, 6.07) is 12.7. The molecule has 1 saturated heterocycles. The summed E-state index contributed by atoms with van der Waals surface area (Å²) in [6.45, 7) is 3.35. The molecule has 1 spiro atoms. The highest BCUT2D eigenvalue weighted by molar-refractivity contribution is 6.11. The Morgan fingerprint density at radius 3 is 1.74 bits per heavy atom. The fourth-order valence-corrected chi connectivity index (χ4v) is 7.27. The van der Waals surface area contributed by atoms with Gasteiger partial charge in [-0.3, -0.25) is 9.98 Å². The van der Waals surface area contributed by atoms with Crippen molar-refractivity contribution in [2.75, 3.05) is 41.4 Å². The van der Waals surface area contributed by atoms with Crippen LogP contribution in [0.3, 0.4) is 0 Å². The molecule has 7 rings (SSSR count). The lowest BCUT2D eigenvalue weighted by Gasteiger charge is -2.47. The smallest absolute Gasteiger partial charge is 0.156 e. The number of nitrogens with two attached hydrogens (primary N) is 2. The highest BCUT2D eigenvalue weighted by Crippen LogP contribution is 2.49. The minimum Gasteiger partial charge on any atom is -0.367 e. The van der Waals surface area contributed by atoms with E-state index < -0.39 is 0 Å². The first kappa shape index (κ1) is 50.0. The largest absolute Gasteiger partial charge is 0.367 e. The van der Waals surface area contributed by atoms with Gasteiger partial charge in [-0.25, -0.2) is 9.97 Å². The second-order valence-electron chi connectivity index (χ2n) is 13.8. The van der Waals surface area contributed by atoms with E-state index in [2.05, 4.69) is 242 Å². The second-order valence-corrected chi connectivity index (χ2v) is 13.8. The van der Waals surface area contributed by atoms with Crippen LogP contribution in [-0.4, -0.2) is 53.0 Å². The number of fused-ring (bicyclic) bond motifs is 3. The maximum Gasteiger partial charge on any atom is 0.156 e.